The number of rotatable bonds is 9. The zero-order valence-corrected chi connectivity index (χ0v) is 21.4. The third-order valence-electron chi connectivity index (χ3n) is 5.26. The Bertz CT molecular complexity index is 714. The number of nitrogens with one attached hydrogen (secondary N) is 2. The topological polar surface area (TPSA) is 42.9 Å². The van der Waals surface area contributed by atoms with Crippen LogP contribution in [0.15, 0.2) is 52.8 Å². The Labute approximate surface area is 203 Å². The maximum Gasteiger partial charge on any atom is 0.191 e. The van der Waals surface area contributed by atoms with Gasteiger partial charge in [-0.2, -0.15) is 0 Å². The lowest BCUT2D eigenvalue weighted by atomic mass is 10.1. The molecule has 5 nitrogen and oxygen atoms in total. The van der Waals surface area contributed by atoms with Crippen LogP contribution in [0.4, 0.5) is 5.00 Å². The van der Waals surface area contributed by atoms with Crippen LogP contribution < -0.4 is 15.5 Å². The van der Waals surface area contributed by atoms with E-state index in [-0.39, 0.29) is 24.0 Å². The molecule has 0 aliphatic carbocycles. The molecule has 30 heavy (non-hydrogen) atoms. The van der Waals surface area contributed by atoms with E-state index in [0.29, 0.717) is 6.04 Å². The molecule has 3 rings (SSSR count). The molecular formula is C23H36IN5S. The molecule has 1 aliphatic rings. The fourth-order valence-corrected chi connectivity index (χ4v) is 4.50. The summed E-state index contributed by atoms with van der Waals surface area (Å²) < 4.78 is 0. The number of piperidine rings is 1. The summed E-state index contributed by atoms with van der Waals surface area (Å²) in [5, 5.41) is 10.6. The first-order chi connectivity index (χ1) is 14.2. The van der Waals surface area contributed by atoms with Crippen LogP contribution in [0.1, 0.15) is 31.7 Å². The lowest BCUT2D eigenvalue weighted by molar-refractivity contribution is 0.324. The molecule has 0 saturated carbocycles. The molecular weight excluding hydrogens is 505 g/mol. The SMILES string of the molecule is CCNC(=NCCCN(C)Cc1ccccc1)NC1CCN(c2cccs2)CC1.I. The molecule has 0 bridgehead atoms. The van der Waals surface area contributed by atoms with Gasteiger partial charge in [0.25, 0.3) is 0 Å². The fourth-order valence-electron chi connectivity index (χ4n) is 3.71. The average Bonchev–Trinajstić information content (AvgIpc) is 3.27. The molecule has 1 fully saturated rings. The van der Waals surface area contributed by atoms with E-state index >= 15 is 0 Å². The van der Waals surface area contributed by atoms with Crippen molar-refractivity contribution in [3.05, 3.63) is 53.4 Å². The molecule has 1 aromatic carbocycles. The van der Waals surface area contributed by atoms with Crippen molar-refractivity contribution in [2.45, 2.75) is 38.8 Å². The first-order valence-electron chi connectivity index (χ1n) is 10.8. The number of guanidine groups is 1. The summed E-state index contributed by atoms with van der Waals surface area (Å²) in [5.74, 6) is 0.966. The largest absolute Gasteiger partial charge is 0.363 e. The second-order valence-corrected chi connectivity index (χ2v) is 8.62. The molecule has 0 unspecified atom stereocenters. The maximum absolute atomic E-state index is 4.81. The summed E-state index contributed by atoms with van der Waals surface area (Å²) in [6, 6.07) is 15.5. The smallest absolute Gasteiger partial charge is 0.191 e. The normalized spacial score (nSPS) is 15.2. The van der Waals surface area contributed by atoms with Crippen LogP contribution in [0.5, 0.6) is 0 Å². The Morgan fingerprint density at radius 2 is 1.93 bits per heavy atom. The molecule has 0 atom stereocenters. The van der Waals surface area contributed by atoms with Gasteiger partial charge in [-0.1, -0.05) is 30.3 Å². The van der Waals surface area contributed by atoms with Crippen molar-refractivity contribution in [2.75, 3.05) is 44.7 Å². The summed E-state index contributed by atoms with van der Waals surface area (Å²) in [5.41, 5.74) is 1.36. The van der Waals surface area contributed by atoms with Gasteiger partial charge in [-0.3, -0.25) is 4.99 Å². The van der Waals surface area contributed by atoms with Gasteiger partial charge in [-0.15, -0.1) is 35.3 Å². The Hall–Kier alpha value is -1.32. The minimum Gasteiger partial charge on any atom is -0.363 e. The number of hydrogen-bond acceptors (Lipinski definition) is 4. The second-order valence-electron chi connectivity index (χ2n) is 7.69. The number of hydrogen-bond donors (Lipinski definition) is 2. The van der Waals surface area contributed by atoms with Crippen LogP contribution in [-0.4, -0.2) is 56.7 Å². The summed E-state index contributed by atoms with van der Waals surface area (Å²) in [4.78, 5) is 9.67. The van der Waals surface area contributed by atoms with Gasteiger partial charge in [0.05, 0.1) is 5.00 Å². The lowest BCUT2D eigenvalue weighted by Crippen LogP contribution is -2.48. The number of anilines is 1. The monoisotopic (exact) mass is 541 g/mol. The van der Waals surface area contributed by atoms with E-state index in [2.05, 4.69) is 82.2 Å². The molecule has 1 saturated heterocycles. The van der Waals surface area contributed by atoms with Crippen molar-refractivity contribution in [1.29, 1.82) is 0 Å². The minimum atomic E-state index is 0. The third-order valence-corrected chi connectivity index (χ3v) is 6.19. The molecule has 0 spiro atoms. The van der Waals surface area contributed by atoms with Gasteiger partial charge in [0, 0.05) is 38.8 Å². The Balaban J connectivity index is 0.00000320. The van der Waals surface area contributed by atoms with Crippen molar-refractivity contribution in [2.24, 2.45) is 4.99 Å². The Morgan fingerprint density at radius 1 is 1.17 bits per heavy atom. The molecule has 1 aromatic heterocycles. The lowest BCUT2D eigenvalue weighted by Gasteiger charge is -2.33. The first kappa shape index (κ1) is 24.9. The highest BCUT2D eigenvalue weighted by molar-refractivity contribution is 14.0. The van der Waals surface area contributed by atoms with E-state index in [4.69, 9.17) is 4.99 Å². The predicted molar refractivity (Wildman–Crippen MR) is 141 cm³/mol. The standard InChI is InChI=1S/C23H35N5S.HI/c1-3-24-23(25-14-8-15-27(2)19-20-9-5-4-6-10-20)26-21-12-16-28(17-13-21)22-11-7-18-29-22;/h4-7,9-11,18,21H,3,8,12-17,19H2,1-2H3,(H2,24,25,26);1H. The van der Waals surface area contributed by atoms with Gasteiger partial charge in [-0.25, -0.2) is 0 Å². The van der Waals surface area contributed by atoms with Gasteiger partial charge in [0.15, 0.2) is 5.96 Å². The molecule has 166 valence electrons. The number of aliphatic imine (C=N–C) groups is 1. The predicted octanol–water partition coefficient (Wildman–Crippen LogP) is 4.41. The van der Waals surface area contributed by atoms with E-state index in [1.807, 2.05) is 11.3 Å². The molecule has 0 radical (unpaired) electrons. The van der Waals surface area contributed by atoms with Gasteiger partial charge in [0.1, 0.15) is 0 Å². The summed E-state index contributed by atoms with van der Waals surface area (Å²) >= 11 is 1.83. The van der Waals surface area contributed by atoms with Crippen LogP contribution >= 0.6 is 35.3 Å². The summed E-state index contributed by atoms with van der Waals surface area (Å²) in [7, 11) is 2.18. The van der Waals surface area contributed by atoms with Crippen LogP contribution in [-0.2, 0) is 6.54 Å². The number of nitrogens with zero attached hydrogens (tertiary/aromatic N) is 3. The molecule has 2 N–H and O–H groups in total. The first-order valence-corrected chi connectivity index (χ1v) is 11.7. The van der Waals surface area contributed by atoms with Crippen LogP contribution in [0, 0.1) is 0 Å². The zero-order valence-electron chi connectivity index (χ0n) is 18.2. The summed E-state index contributed by atoms with van der Waals surface area (Å²) in [6.45, 7) is 8.15. The fraction of sp³-hybridized carbons (Fsp3) is 0.522. The Morgan fingerprint density at radius 3 is 2.60 bits per heavy atom. The quantitative estimate of drug-likeness (QED) is 0.214. The van der Waals surface area contributed by atoms with E-state index < -0.39 is 0 Å². The van der Waals surface area contributed by atoms with Crippen LogP contribution in [0.2, 0.25) is 0 Å². The zero-order chi connectivity index (χ0) is 20.3. The van der Waals surface area contributed by atoms with Gasteiger partial charge < -0.3 is 20.4 Å². The number of thiophene rings is 1. The molecule has 2 heterocycles. The molecule has 7 heteroatoms. The Kier molecular flexibility index (Phi) is 11.5. The van der Waals surface area contributed by atoms with Crippen LogP contribution in [0.25, 0.3) is 0 Å². The molecule has 2 aromatic rings. The van der Waals surface area contributed by atoms with Crippen molar-refractivity contribution >= 4 is 46.3 Å². The third kappa shape index (κ3) is 8.43. The highest BCUT2D eigenvalue weighted by atomic mass is 127. The van der Waals surface area contributed by atoms with Crippen LogP contribution in [0.3, 0.4) is 0 Å². The van der Waals surface area contributed by atoms with Crippen molar-refractivity contribution in [3.8, 4) is 0 Å². The van der Waals surface area contributed by atoms with Crippen molar-refractivity contribution < 1.29 is 0 Å². The highest BCUT2D eigenvalue weighted by Gasteiger charge is 2.20. The highest BCUT2D eigenvalue weighted by Crippen LogP contribution is 2.24. The maximum atomic E-state index is 4.81. The van der Waals surface area contributed by atoms with E-state index in [1.165, 1.54) is 10.6 Å². The van der Waals surface area contributed by atoms with Gasteiger partial charge in [-0.05, 0) is 62.9 Å². The molecule has 0 amide bonds. The van der Waals surface area contributed by atoms with E-state index in [1.54, 1.807) is 0 Å². The molecule has 1 aliphatic heterocycles. The number of benzene rings is 1. The minimum absolute atomic E-state index is 0. The van der Waals surface area contributed by atoms with E-state index in [0.717, 1.165) is 64.5 Å². The average molecular weight is 542 g/mol. The van der Waals surface area contributed by atoms with Crippen molar-refractivity contribution in [1.82, 2.24) is 15.5 Å². The number of halogens is 1. The van der Waals surface area contributed by atoms with Crippen molar-refractivity contribution in [3.63, 3.8) is 0 Å². The second kappa shape index (κ2) is 13.9. The van der Waals surface area contributed by atoms with Gasteiger partial charge >= 0.3 is 0 Å². The summed E-state index contributed by atoms with van der Waals surface area (Å²) in [6.07, 6.45) is 3.38. The van der Waals surface area contributed by atoms with E-state index in [9.17, 15) is 0 Å². The van der Waals surface area contributed by atoms with Gasteiger partial charge in [0.2, 0.25) is 0 Å².